The molecule has 5 rings (SSSR count). The Balaban J connectivity index is 1.32. The SMILES string of the molecule is COc1cc(C(=O)NC2CCCN(c3cc(C)nc4nc(SCc5ccc(C)cc5)nn34)C2)cc(OC)c1OC. The fourth-order valence-corrected chi connectivity index (χ4v) is 5.63. The first kappa shape index (κ1) is 27.6. The van der Waals surface area contributed by atoms with Gasteiger partial charge in [0.05, 0.1) is 21.3 Å². The minimum Gasteiger partial charge on any atom is -0.493 e. The molecule has 1 amide bonds. The van der Waals surface area contributed by atoms with Crippen LogP contribution in [0.25, 0.3) is 5.78 Å². The Labute approximate surface area is 238 Å². The number of hydrogen-bond acceptors (Lipinski definition) is 9. The normalized spacial score (nSPS) is 15.2. The summed E-state index contributed by atoms with van der Waals surface area (Å²) in [6, 6.07) is 13.8. The van der Waals surface area contributed by atoms with Crippen molar-refractivity contribution in [3.8, 4) is 17.2 Å². The zero-order valence-electron chi connectivity index (χ0n) is 23.4. The van der Waals surface area contributed by atoms with Gasteiger partial charge in [-0.25, -0.2) is 4.98 Å². The Morgan fingerprint density at radius 1 is 1.02 bits per heavy atom. The number of ether oxygens (including phenoxy) is 3. The highest BCUT2D eigenvalue weighted by molar-refractivity contribution is 7.98. The number of rotatable bonds is 9. The van der Waals surface area contributed by atoms with Gasteiger partial charge in [-0.3, -0.25) is 4.79 Å². The van der Waals surface area contributed by atoms with Crippen LogP contribution < -0.4 is 24.4 Å². The molecule has 1 N–H and O–H groups in total. The van der Waals surface area contributed by atoms with Crippen LogP contribution in [0.15, 0.2) is 47.6 Å². The van der Waals surface area contributed by atoms with E-state index in [2.05, 4.69) is 51.4 Å². The van der Waals surface area contributed by atoms with E-state index < -0.39 is 0 Å². The van der Waals surface area contributed by atoms with Crippen molar-refractivity contribution in [3.63, 3.8) is 0 Å². The second-order valence-corrected chi connectivity index (χ2v) is 10.8. The summed E-state index contributed by atoms with van der Waals surface area (Å²) in [7, 11) is 4.60. The third-order valence-electron chi connectivity index (χ3n) is 6.90. The van der Waals surface area contributed by atoms with Gasteiger partial charge in [0, 0.05) is 42.2 Å². The molecule has 10 nitrogen and oxygen atoms in total. The van der Waals surface area contributed by atoms with Crippen molar-refractivity contribution < 1.29 is 19.0 Å². The number of carbonyl (C=O) groups is 1. The molecule has 4 aromatic rings. The van der Waals surface area contributed by atoms with E-state index in [-0.39, 0.29) is 11.9 Å². The first-order chi connectivity index (χ1) is 19.4. The predicted molar refractivity (Wildman–Crippen MR) is 155 cm³/mol. The summed E-state index contributed by atoms with van der Waals surface area (Å²) in [5.74, 6) is 3.41. The average Bonchev–Trinajstić information content (AvgIpc) is 3.38. The quantitative estimate of drug-likeness (QED) is 0.296. The van der Waals surface area contributed by atoms with Gasteiger partial charge in [-0.2, -0.15) is 9.50 Å². The first-order valence-corrected chi connectivity index (χ1v) is 14.2. The van der Waals surface area contributed by atoms with E-state index in [4.69, 9.17) is 19.3 Å². The summed E-state index contributed by atoms with van der Waals surface area (Å²) < 4.78 is 18.0. The van der Waals surface area contributed by atoms with Crippen LogP contribution in [0.4, 0.5) is 5.82 Å². The molecule has 40 heavy (non-hydrogen) atoms. The van der Waals surface area contributed by atoms with Crippen molar-refractivity contribution >= 4 is 29.3 Å². The van der Waals surface area contributed by atoms with Crippen molar-refractivity contribution in [1.82, 2.24) is 24.9 Å². The number of nitrogens with one attached hydrogen (secondary N) is 1. The van der Waals surface area contributed by atoms with Crippen molar-refractivity contribution in [3.05, 3.63) is 64.8 Å². The van der Waals surface area contributed by atoms with Crippen LogP contribution in [0.3, 0.4) is 0 Å². The van der Waals surface area contributed by atoms with Crippen LogP contribution in [-0.4, -0.2) is 65.9 Å². The van der Waals surface area contributed by atoms with Gasteiger partial charge in [0.2, 0.25) is 10.9 Å². The topological polar surface area (TPSA) is 103 Å². The number of hydrogen-bond donors (Lipinski definition) is 1. The van der Waals surface area contributed by atoms with Gasteiger partial charge in [-0.05, 0) is 44.4 Å². The van der Waals surface area contributed by atoms with Gasteiger partial charge in [-0.15, -0.1) is 5.10 Å². The lowest BCUT2D eigenvalue weighted by Gasteiger charge is -2.34. The van der Waals surface area contributed by atoms with Crippen LogP contribution in [0.2, 0.25) is 0 Å². The average molecular weight is 563 g/mol. The number of nitrogens with zero attached hydrogens (tertiary/aromatic N) is 5. The summed E-state index contributed by atoms with van der Waals surface area (Å²) in [6.07, 6.45) is 1.79. The molecule has 1 fully saturated rings. The zero-order valence-corrected chi connectivity index (χ0v) is 24.2. The monoisotopic (exact) mass is 562 g/mol. The second-order valence-electron chi connectivity index (χ2n) is 9.81. The largest absolute Gasteiger partial charge is 0.493 e. The number of aryl methyl sites for hydroxylation is 2. The van der Waals surface area contributed by atoms with Crippen molar-refractivity contribution in [1.29, 1.82) is 0 Å². The van der Waals surface area contributed by atoms with E-state index in [1.165, 1.54) is 32.5 Å². The minimum atomic E-state index is -0.197. The van der Waals surface area contributed by atoms with Crippen LogP contribution in [0.5, 0.6) is 17.2 Å². The lowest BCUT2D eigenvalue weighted by molar-refractivity contribution is 0.0932. The van der Waals surface area contributed by atoms with E-state index in [1.807, 2.05) is 17.5 Å². The van der Waals surface area contributed by atoms with Gasteiger partial charge < -0.3 is 24.4 Å². The van der Waals surface area contributed by atoms with E-state index in [0.29, 0.717) is 40.3 Å². The molecule has 3 heterocycles. The van der Waals surface area contributed by atoms with Gasteiger partial charge in [0.25, 0.3) is 11.7 Å². The second kappa shape index (κ2) is 12.0. The maximum absolute atomic E-state index is 13.2. The number of anilines is 1. The highest BCUT2D eigenvalue weighted by Crippen LogP contribution is 2.38. The lowest BCUT2D eigenvalue weighted by atomic mass is 10.0. The molecule has 0 saturated carbocycles. The van der Waals surface area contributed by atoms with Crippen molar-refractivity contribution in [2.75, 3.05) is 39.3 Å². The van der Waals surface area contributed by atoms with E-state index >= 15 is 0 Å². The molecule has 0 aliphatic carbocycles. The molecule has 0 spiro atoms. The highest BCUT2D eigenvalue weighted by atomic mass is 32.2. The first-order valence-electron chi connectivity index (χ1n) is 13.2. The fraction of sp³-hybridized carbons (Fsp3) is 0.379. The van der Waals surface area contributed by atoms with Crippen molar-refractivity contribution in [2.24, 2.45) is 0 Å². The molecule has 0 bridgehead atoms. The number of amides is 1. The molecule has 1 aliphatic heterocycles. The summed E-state index contributed by atoms with van der Waals surface area (Å²) in [6.45, 7) is 5.53. The summed E-state index contributed by atoms with van der Waals surface area (Å²) in [5.41, 5.74) is 3.78. The molecule has 0 radical (unpaired) electrons. The molecule has 11 heteroatoms. The smallest absolute Gasteiger partial charge is 0.255 e. The third-order valence-corrected chi connectivity index (χ3v) is 7.81. The van der Waals surface area contributed by atoms with E-state index in [1.54, 1.807) is 23.9 Å². The minimum absolute atomic E-state index is 0.0530. The molecule has 1 saturated heterocycles. The van der Waals surface area contributed by atoms with Gasteiger partial charge >= 0.3 is 0 Å². The Morgan fingerprint density at radius 2 is 1.75 bits per heavy atom. The van der Waals surface area contributed by atoms with Crippen LogP contribution in [0.1, 0.15) is 40.0 Å². The maximum atomic E-state index is 13.2. The Hall–Kier alpha value is -3.99. The Morgan fingerprint density at radius 3 is 2.42 bits per heavy atom. The van der Waals surface area contributed by atoms with Crippen LogP contribution in [-0.2, 0) is 5.75 Å². The Kier molecular flexibility index (Phi) is 8.29. The molecule has 1 unspecified atom stereocenters. The summed E-state index contributed by atoms with van der Waals surface area (Å²) in [5, 5.41) is 8.66. The van der Waals surface area contributed by atoms with Gasteiger partial charge in [-0.1, -0.05) is 41.6 Å². The van der Waals surface area contributed by atoms with Crippen LogP contribution in [0, 0.1) is 13.8 Å². The third kappa shape index (κ3) is 5.94. The molecular formula is C29H34N6O4S. The highest BCUT2D eigenvalue weighted by Gasteiger charge is 2.26. The predicted octanol–water partition coefficient (Wildman–Crippen LogP) is 4.46. The Bertz CT molecular complexity index is 1480. The number of aromatic nitrogens is 4. The van der Waals surface area contributed by atoms with Gasteiger partial charge in [0.1, 0.15) is 5.82 Å². The van der Waals surface area contributed by atoms with E-state index in [9.17, 15) is 4.79 Å². The number of fused-ring (bicyclic) bond motifs is 1. The van der Waals surface area contributed by atoms with Gasteiger partial charge in [0.15, 0.2) is 11.5 Å². The molecular weight excluding hydrogens is 528 g/mol. The molecule has 2 aromatic heterocycles. The summed E-state index contributed by atoms with van der Waals surface area (Å²) in [4.78, 5) is 24.8. The number of methoxy groups -OCH3 is 3. The number of benzene rings is 2. The molecule has 210 valence electrons. The molecule has 1 atom stereocenters. The summed E-state index contributed by atoms with van der Waals surface area (Å²) >= 11 is 1.59. The molecule has 1 aliphatic rings. The number of carbonyl (C=O) groups excluding carboxylic acids is 1. The van der Waals surface area contributed by atoms with Crippen molar-refractivity contribution in [2.45, 2.75) is 43.6 Å². The zero-order chi connectivity index (χ0) is 28.2. The van der Waals surface area contributed by atoms with E-state index in [0.717, 1.165) is 36.7 Å². The number of thioether (sulfide) groups is 1. The van der Waals surface area contributed by atoms with Crippen LogP contribution >= 0.6 is 11.8 Å². The fourth-order valence-electron chi connectivity index (χ4n) is 4.85. The lowest BCUT2D eigenvalue weighted by Crippen LogP contribution is -2.48. The molecule has 2 aromatic carbocycles. The number of piperidine rings is 1. The standard InChI is InChI=1S/C29H34N6O4S/c1-18-8-10-20(11-9-18)17-40-29-32-28-30-19(2)13-25(35(28)33-29)34-12-6-7-22(16-34)31-27(36)21-14-23(37-3)26(39-5)24(15-21)38-4/h8-11,13-15,22H,6-7,12,16-17H2,1-5H3,(H,31,36). The maximum Gasteiger partial charge on any atom is 0.255 e.